The van der Waals surface area contributed by atoms with Gasteiger partial charge in [-0.3, -0.25) is 0 Å². The summed E-state index contributed by atoms with van der Waals surface area (Å²) >= 11 is 6.34. The van der Waals surface area contributed by atoms with E-state index in [-0.39, 0.29) is 0 Å². The van der Waals surface area contributed by atoms with Crippen LogP contribution in [0.15, 0.2) is 18.2 Å². The summed E-state index contributed by atoms with van der Waals surface area (Å²) in [7, 11) is 1.70. The highest BCUT2D eigenvalue weighted by Gasteiger charge is 2.09. The van der Waals surface area contributed by atoms with Crippen molar-refractivity contribution in [2.24, 2.45) is 0 Å². The molecule has 0 aliphatic heterocycles. The lowest BCUT2D eigenvalue weighted by atomic mass is 10.1. The monoisotopic (exact) mass is 334 g/mol. The van der Waals surface area contributed by atoms with Crippen LogP contribution < -0.4 is 10.6 Å². The number of nitrogens with one attached hydrogen (secondary N) is 2. The standard InChI is InChI=1S/C17H23ClN4O/c1-11-8-12(2)16(14(18)9-11)22-17-20-13(3)10-15(21-17)19-6-5-7-23-4/h8-10H,5-7H2,1-4H3,(H2,19,20,21,22). The van der Waals surface area contributed by atoms with E-state index in [1.165, 1.54) is 0 Å². The minimum absolute atomic E-state index is 0.535. The van der Waals surface area contributed by atoms with Crippen LogP contribution in [-0.4, -0.2) is 30.2 Å². The van der Waals surface area contributed by atoms with Gasteiger partial charge in [-0.15, -0.1) is 0 Å². The highest BCUT2D eigenvalue weighted by atomic mass is 35.5. The summed E-state index contributed by atoms with van der Waals surface area (Å²) in [5, 5.41) is 7.18. The molecular weight excluding hydrogens is 312 g/mol. The summed E-state index contributed by atoms with van der Waals surface area (Å²) in [4.78, 5) is 8.93. The zero-order valence-electron chi connectivity index (χ0n) is 14.0. The van der Waals surface area contributed by atoms with Crippen LogP contribution in [0.3, 0.4) is 0 Å². The fraction of sp³-hybridized carbons (Fsp3) is 0.412. The maximum Gasteiger partial charge on any atom is 0.229 e. The molecule has 23 heavy (non-hydrogen) atoms. The van der Waals surface area contributed by atoms with Crippen molar-refractivity contribution in [2.45, 2.75) is 27.2 Å². The van der Waals surface area contributed by atoms with Crippen LogP contribution in [0.5, 0.6) is 0 Å². The maximum absolute atomic E-state index is 6.34. The van der Waals surface area contributed by atoms with Gasteiger partial charge in [0.15, 0.2) is 0 Å². The summed E-state index contributed by atoms with van der Waals surface area (Å²) in [5.41, 5.74) is 3.92. The van der Waals surface area contributed by atoms with Gasteiger partial charge in [0, 0.05) is 32.0 Å². The van der Waals surface area contributed by atoms with Gasteiger partial charge < -0.3 is 15.4 Å². The summed E-state index contributed by atoms with van der Waals surface area (Å²) in [6.07, 6.45) is 0.922. The van der Waals surface area contributed by atoms with Crippen LogP contribution in [0.25, 0.3) is 0 Å². The first-order valence-electron chi connectivity index (χ1n) is 7.62. The lowest BCUT2D eigenvalue weighted by Gasteiger charge is -2.13. The fourth-order valence-corrected chi connectivity index (χ4v) is 2.70. The van der Waals surface area contributed by atoms with Gasteiger partial charge in [-0.1, -0.05) is 17.7 Å². The predicted octanol–water partition coefficient (Wildman–Crippen LogP) is 4.25. The van der Waals surface area contributed by atoms with Crippen molar-refractivity contribution >= 4 is 29.1 Å². The van der Waals surface area contributed by atoms with Crippen LogP contribution in [0.4, 0.5) is 17.5 Å². The molecule has 0 aliphatic carbocycles. The molecule has 0 bridgehead atoms. The minimum atomic E-state index is 0.535. The van der Waals surface area contributed by atoms with Gasteiger partial charge in [-0.2, -0.15) is 4.98 Å². The van der Waals surface area contributed by atoms with Crippen molar-refractivity contribution in [3.63, 3.8) is 0 Å². The number of nitrogens with zero attached hydrogens (tertiary/aromatic N) is 2. The number of rotatable bonds is 7. The first kappa shape index (κ1) is 17.5. The summed E-state index contributed by atoms with van der Waals surface area (Å²) in [5.74, 6) is 1.32. The largest absolute Gasteiger partial charge is 0.385 e. The molecule has 0 unspecified atom stereocenters. The number of methoxy groups -OCH3 is 1. The molecular formula is C17H23ClN4O. The Labute approximate surface area is 142 Å². The van der Waals surface area contributed by atoms with E-state index in [1.807, 2.05) is 32.9 Å². The van der Waals surface area contributed by atoms with Crippen molar-refractivity contribution < 1.29 is 4.74 Å². The first-order chi connectivity index (χ1) is 11.0. The van der Waals surface area contributed by atoms with Gasteiger partial charge in [0.1, 0.15) is 5.82 Å². The SMILES string of the molecule is COCCCNc1cc(C)nc(Nc2c(C)cc(C)cc2Cl)n1. The molecule has 1 heterocycles. The van der Waals surface area contributed by atoms with Gasteiger partial charge >= 0.3 is 0 Å². The Balaban J connectivity index is 2.15. The molecule has 5 nitrogen and oxygen atoms in total. The zero-order chi connectivity index (χ0) is 16.8. The predicted molar refractivity (Wildman–Crippen MR) is 96.0 cm³/mol. The number of ether oxygens (including phenoxy) is 1. The van der Waals surface area contributed by atoms with Gasteiger partial charge in [-0.25, -0.2) is 4.98 Å². The molecule has 2 N–H and O–H groups in total. The Hall–Kier alpha value is -1.85. The average molecular weight is 335 g/mol. The second-order valence-corrected chi connectivity index (χ2v) is 5.96. The van der Waals surface area contributed by atoms with E-state index in [0.29, 0.717) is 11.0 Å². The number of benzene rings is 1. The van der Waals surface area contributed by atoms with E-state index in [2.05, 4.69) is 26.7 Å². The number of aryl methyl sites for hydroxylation is 3. The highest BCUT2D eigenvalue weighted by molar-refractivity contribution is 6.33. The van der Waals surface area contributed by atoms with E-state index < -0.39 is 0 Å². The molecule has 0 saturated carbocycles. The highest BCUT2D eigenvalue weighted by Crippen LogP contribution is 2.29. The molecule has 1 aromatic carbocycles. The first-order valence-corrected chi connectivity index (χ1v) is 7.99. The van der Waals surface area contributed by atoms with Crippen LogP contribution in [-0.2, 0) is 4.74 Å². The summed E-state index contributed by atoms with van der Waals surface area (Å²) in [6, 6.07) is 5.92. The molecule has 0 spiro atoms. The number of anilines is 3. The molecule has 0 fully saturated rings. The maximum atomic E-state index is 6.34. The molecule has 0 aliphatic rings. The molecule has 1 aromatic heterocycles. The molecule has 0 saturated heterocycles. The minimum Gasteiger partial charge on any atom is -0.385 e. The zero-order valence-corrected chi connectivity index (χ0v) is 14.8. The lowest BCUT2D eigenvalue weighted by Crippen LogP contribution is -2.08. The molecule has 124 valence electrons. The summed E-state index contributed by atoms with van der Waals surface area (Å²) in [6.45, 7) is 7.50. The van der Waals surface area contributed by atoms with Gasteiger partial charge in [0.2, 0.25) is 5.95 Å². The Kier molecular flexibility index (Phi) is 6.19. The number of halogens is 1. The normalized spacial score (nSPS) is 10.7. The van der Waals surface area contributed by atoms with Gasteiger partial charge in [0.05, 0.1) is 10.7 Å². The molecule has 6 heteroatoms. The van der Waals surface area contributed by atoms with E-state index >= 15 is 0 Å². The number of aromatic nitrogens is 2. The molecule has 2 aromatic rings. The van der Waals surface area contributed by atoms with Crippen molar-refractivity contribution in [1.82, 2.24) is 9.97 Å². The Morgan fingerprint density at radius 3 is 2.61 bits per heavy atom. The molecule has 0 radical (unpaired) electrons. The summed E-state index contributed by atoms with van der Waals surface area (Å²) < 4.78 is 5.04. The molecule has 2 rings (SSSR count). The third-order valence-electron chi connectivity index (χ3n) is 3.35. The topological polar surface area (TPSA) is 59.1 Å². The van der Waals surface area contributed by atoms with E-state index in [9.17, 15) is 0 Å². The number of hydrogen-bond acceptors (Lipinski definition) is 5. The third-order valence-corrected chi connectivity index (χ3v) is 3.65. The van der Waals surface area contributed by atoms with Crippen LogP contribution in [0.2, 0.25) is 5.02 Å². The van der Waals surface area contributed by atoms with Gasteiger partial charge in [0.25, 0.3) is 0 Å². The second-order valence-electron chi connectivity index (χ2n) is 5.55. The molecule has 0 amide bonds. The Morgan fingerprint density at radius 1 is 1.13 bits per heavy atom. The second kappa shape index (κ2) is 8.13. The van der Waals surface area contributed by atoms with Crippen LogP contribution >= 0.6 is 11.6 Å². The van der Waals surface area contributed by atoms with Gasteiger partial charge in [-0.05, 0) is 44.4 Å². The van der Waals surface area contributed by atoms with E-state index in [4.69, 9.17) is 16.3 Å². The Morgan fingerprint density at radius 2 is 1.91 bits per heavy atom. The average Bonchev–Trinajstić information content (AvgIpc) is 2.47. The van der Waals surface area contributed by atoms with E-state index in [1.54, 1.807) is 7.11 Å². The lowest BCUT2D eigenvalue weighted by molar-refractivity contribution is 0.198. The number of hydrogen-bond donors (Lipinski definition) is 2. The third kappa shape index (κ3) is 5.08. The van der Waals surface area contributed by atoms with Crippen LogP contribution in [0, 0.1) is 20.8 Å². The Bertz CT molecular complexity index is 653. The van der Waals surface area contributed by atoms with E-state index in [0.717, 1.165) is 47.9 Å². The quantitative estimate of drug-likeness (QED) is 0.741. The smallest absolute Gasteiger partial charge is 0.229 e. The fourth-order valence-electron chi connectivity index (χ4n) is 2.33. The van der Waals surface area contributed by atoms with Crippen LogP contribution in [0.1, 0.15) is 23.2 Å². The molecule has 0 atom stereocenters. The van der Waals surface area contributed by atoms with Crippen molar-refractivity contribution in [2.75, 3.05) is 30.9 Å². The van der Waals surface area contributed by atoms with Crippen molar-refractivity contribution in [1.29, 1.82) is 0 Å². The van der Waals surface area contributed by atoms with Crippen molar-refractivity contribution in [3.8, 4) is 0 Å². The van der Waals surface area contributed by atoms with Crippen molar-refractivity contribution in [3.05, 3.63) is 40.0 Å².